The van der Waals surface area contributed by atoms with Crippen molar-refractivity contribution in [3.05, 3.63) is 96.3 Å². The van der Waals surface area contributed by atoms with Crippen molar-refractivity contribution < 1.29 is 110 Å². The smallest absolute Gasteiger partial charge is 0.408 e. The summed E-state index contributed by atoms with van der Waals surface area (Å²) >= 11 is 12.3. The van der Waals surface area contributed by atoms with Gasteiger partial charge in [0.05, 0.1) is 33.6 Å². The summed E-state index contributed by atoms with van der Waals surface area (Å²) in [6.45, 7) is 22.4. The number of halogens is 2. The van der Waals surface area contributed by atoms with Crippen LogP contribution in [-0.2, 0) is 58.3 Å². The van der Waals surface area contributed by atoms with Crippen LogP contribution in [0, 0.1) is 53.8 Å². The number of nitrogens with zero attached hydrogens (tertiary/aromatic N) is 4. The number of carboxylic acids is 1. The minimum atomic E-state index is -4.02. The van der Waals surface area contributed by atoms with Crippen molar-refractivity contribution in [1.82, 2.24) is 45.8 Å². The van der Waals surface area contributed by atoms with E-state index >= 15 is 0 Å². The predicted molar refractivity (Wildman–Crippen MR) is 419 cm³/mol. The van der Waals surface area contributed by atoms with Gasteiger partial charge in [0.2, 0.25) is 43.7 Å². The van der Waals surface area contributed by atoms with E-state index in [0.717, 1.165) is 89.9 Å². The molecule has 2 aliphatic heterocycles. The van der Waals surface area contributed by atoms with Gasteiger partial charge in [-0.1, -0.05) is 116 Å². The minimum absolute atomic E-state index is 0. The van der Waals surface area contributed by atoms with Crippen LogP contribution in [0.4, 0.5) is 9.59 Å². The van der Waals surface area contributed by atoms with E-state index in [1.165, 1.54) is 22.0 Å². The van der Waals surface area contributed by atoms with E-state index in [1.54, 1.807) is 60.9 Å². The van der Waals surface area contributed by atoms with E-state index in [0.29, 0.717) is 69.0 Å². The molecule has 6 aliphatic carbocycles. The molecule has 2 aromatic carbocycles. The first-order valence-corrected chi connectivity index (χ1v) is 41.8. The first-order chi connectivity index (χ1) is 52.4. The molecular weight excluding hydrogens is 1730 g/mol. The molecular formula is C78H107BCl2N10O17S2U. The summed E-state index contributed by atoms with van der Waals surface area (Å²) in [5.74, 6) is -4.21. The first-order valence-electron chi connectivity index (χ1n) is 38.6. The summed E-state index contributed by atoms with van der Waals surface area (Å²) in [6.07, 6.45) is 17.8. The number of fused-ring (bicyclic) bond motifs is 2. The maximum Gasteiger partial charge on any atom is 0.408 e. The largest absolute Gasteiger partial charge is 0.488 e. The number of nitrogens with two attached hydrogens (primary N) is 1. The standard InChI is InChI=1S/C39H52ClN5O8S.C32H39ClN4O7.C7H15NO2S.BH.U/c1-6-8-16-38(17-18-38)54(50,51)44-35(48)39(22-24(39)7-2)43-33(46)30-21-27(52-31-15-19-41-29-20-25(40)13-14-28(29)31)23-45(30)34(47)32(37(3,4)5)42-36(49)53-26-11-9-10-12-26;1-5-18-16-32(18,29(40)41)36-27(38)24-15-21(43-25-12-13-34-23-14-19(33)10-11-22(23)25)17-37(24)28(39)26(31(2,3)4)35-30(42)44-20-8-6-7-9-20;1-2-3-4-7(5-6-7)11(8,9)10;;/h7,13-15,19-20,24,26-27,30,32H,2,6,8-12,16-18,21-23H2,1,3-5H3,(H,42,49)(H,43,46)(H,44,48);5,10-14,18,20-21,24,26H,1,6-9,15-17H2,2-4H3,(H,35,42)(H,36,38)(H,40,41);2-6H2,1H3,(H2,8,9,10);1H;/t24-,27-,30+,32-,39-;18-,21-,24+,26-,32-;;;/m11.../s1/i;;;1D;. The van der Waals surface area contributed by atoms with Crippen molar-refractivity contribution in [3.63, 3.8) is 0 Å². The van der Waals surface area contributed by atoms with Crippen LogP contribution in [0.25, 0.3) is 21.8 Å². The number of likely N-dealkylation sites (tertiary alicyclic amines) is 2. The summed E-state index contributed by atoms with van der Waals surface area (Å²) in [5, 5.41) is 28.5. The van der Waals surface area contributed by atoms with Gasteiger partial charge < -0.3 is 55.1 Å². The molecule has 2 aromatic heterocycles. The number of rotatable bonds is 27. The van der Waals surface area contributed by atoms with Gasteiger partial charge in [0.25, 0.3) is 5.91 Å². The third kappa shape index (κ3) is 21.1. The molecule has 12 rings (SSSR count). The monoisotopic (exact) mass is 1840 g/mol. The zero-order valence-corrected chi connectivity index (χ0v) is 71.9. The van der Waals surface area contributed by atoms with Crippen LogP contribution in [0.3, 0.4) is 0 Å². The maximum absolute atomic E-state index is 14.6. The number of carbonyl (C=O) groups excluding carboxylic acids is 7. The van der Waals surface area contributed by atoms with E-state index in [4.69, 9.17) is 48.6 Å². The molecule has 2 radical (unpaired) electrons. The van der Waals surface area contributed by atoms with Crippen LogP contribution in [0.15, 0.2) is 86.2 Å². The molecule has 7 amide bonds. The summed E-state index contributed by atoms with van der Waals surface area (Å²) < 4.78 is 79.1. The Morgan fingerprint density at radius 1 is 0.640 bits per heavy atom. The molecule has 4 heterocycles. The Kier molecular flexibility index (Phi) is 28.9. The number of hydrogen-bond donors (Lipinski definition) is 7. The van der Waals surface area contributed by atoms with E-state index in [2.05, 4.69) is 64.4 Å². The summed E-state index contributed by atoms with van der Waals surface area (Å²) in [5.41, 5.74) is -3.33. The average Bonchev–Trinajstić information content (AvgIpc) is 1.56. The first kappa shape index (κ1) is 88.2. The average molecular weight is 1840 g/mol. The van der Waals surface area contributed by atoms with Gasteiger partial charge in [-0.3, -0.25) is 38.7 Å². The number of carboxylic acid groups (broad SMARTS) is 1. The zero-order chi connectivity index (χ0) is 81.4. The van der Waals surface area contributed by atoms with E-state index in [9.17, 15) is 60.3 Å². The number of aromatic nitrogens is 2. The molecule has 111 heavy (non-hydrogen) atoms. The molecule has 8 aliphatic rings. The minimum Gasteiger partial charge on any atom is -0.488 e. The van der Waals surface area contributed by atoms with Gasteiger partial charge in [-0.2, -0.15) is 0 Å². The third-order valence-electron chi connectivity index (χ3n) is 22.6. The molecule has 6 saturated carbocycles. The second-order valence-corrected chi connectivity index (χ2v) is 37.7. The van der Waals surface area contributed by atoms with Crippen molar-refractivity contribution in [3.8, 4) is 11.5 Å². The van der Waals surface area contributed by atoms with Crippen molar-refractivity contribution in [2.75, 3.05) is 13.1 Å². The number of sulfonamides is 2. The van der Waals surface area contributed by atoms with Crippen LogP contribution in [0.2, 0.25) is 10.0 Å². The molecule has 0 bridgehead atoms. The number of alkyl carbamates (subject to hydrolysis) is 2. The van der Waals surface area contributed by atoms with Gasteiger partial charge >= 0.3 is 18.2 Å². The van der Waals surface area contributed by atoms with Crippen molar-refractivity contribution in [2.45, 2.75) is 266 Å². The molecule has 0 spiro atoms. The number of carbonyl (C=O) groups is 8. The Bertz CT molecular complexity index is 4370. The summed E-state index contributed by atoms with van der Waals surface area (Å²) in [6, 6.07) is 9.55. The predicted octanol–water partition coefficient (Wildman–Crippen LogP) is 10.4. The summed E-state index contributed by atoms with van der Waals surface area (Å²) in [4.78, 5) is 120. The normalized spacial score (nSPS) is 24.8. The van der Waals surface area contributed by atoms with E-state index in [1.807, 2.05) is 48.5 Å². The van der Waals surface area contributed by atoms with Gasteiger partial charge in [0.1, 0.15) is 71.2 Å². The number of unbranched alkanes of at least 4 members (excludes halogenated alkanes) is 2. The Hall–Kier alpha value is -6.74. The molecule has 10 atom stereocenters. The number of primary sulfonamides is 1. The van der Waals surface area contributed by atoms with E-state index in [-0.39, 0.29) is 82.1 Å². The molecule has 4 aromatic rings. The van der Waals surface area contributed by atoms with Crippen LogP contribution in [0.5, 0.6) is 11.5 Å². The maximum atomic E-state index is 14.6. The zero-order valence-electron chi connectivity index (χ0n) is 65.6. The fourth-order valence-corrected chi connectivity index (χ4v) is 18.5. The number of aliphatic carboxylic acids is 1. The van der Waals surface area contributed by atoms with Gasteiger partial charge in [-0.05, 0) is 163 Å². The quantitative estimate of drug-likeness (QED) is 0.0215. The van der Waals surface area contributed by atoms with Crippen LogP contribution >= 0.6 is 23.2 Å². The molecule has 604 valence electrons. The van der Waals surface area contributed by atoms with Crippen LogP contribution < -0.4 is 40.6 Å². The van der Waals surface area contributed by atoms with Crippen LogP contribution in [0.1, 0.15) is 197 Å². The molecule has 27 nitrogen and oxygen atoms in total. The number of ether oxygens (including phenoxy) is 4. The fourth-order valence-electron chi connectivity index (χ4n) is 15.3. The van der Waals surface area contributed by atoms with Crippen molar-refractivity contribution >= 4 is 121 Å². The Morgan fingerprint density at radius 3 is 1.38 bits per heavy atom. The number of amides is 7. The topological polar surface area (TPSA) is 380 Å². The third-order valence-corrected chi connectivity index (χ3v) is 27.1. The second-order valence-electron chi connectivity index (χ2n) is 32.8. The molecule has 2 saturated heterocycles. The number of benzene rings is 2. The SMILES string of the molecule is C=C[C@@H]1C[C@]1(NC(=O)[C@@H]1C[C@@H](Oc2ccnc3cc(Cl)ccc23)CN1C(=O)[C@@H](NC(=O)OC1CCCC1)C(C)(C)C)C(=O)NS(=O)(=O)C1(CCCC)CC1.C=C[C@@H]1C[C@]1(NC(=O)[C@@H]1C[C@@H](Oc2ccnc3cc(Cl)ccc23)CN1C(=O)[C@@H](NC(=O)OC1CCCC1)C(C)(C)C)C(=O)O.CCCCC1(S(N)(=O)=O)CC1.[2H][B].[U]. The van der Waals surface area contributed by atoms with E-state index < -0.39 is 147 Å². The van der Waals surface area contributed by atoms with Gasteiger partial charge in [0.15, 0.2) is 0 Å². The summed E-state index contributed by atoms with van der Waals surface area (Å²) in [7, 11) is -3.53. The Balaban J connectivity index is 0.000000243. The van der Waals surface area contributed by atoms with Crippen LogP contribution in [-0.4, -0.2) is 181 Å². The molecule has 8 N–H and O–H groups in total. The second kappa shape index (κ2) is 36.4. The molecule has 0 unspecified atom stereocenters. The number of hydrogen-bond acceptors (Lipinski definition) is 18. The molecule has 8 fully saturated rings. The van der Waals surface area contributed by atoms with Crippen molar-refractivity contribution in [2.24, 2.45) is 27.8 Å². The Morgan fingerprint density at radius 2 is 1.03 bits per heavy atom. The number of pyridine rings is 2. The number of nitrogens with one attached hydrogen (secondary N) is 5. The Labute approximate surface area is 688 Å². The molecule has 33 heteroatoms. The van der Waals surface area contributed by atoms with Crippen molar-refractivity contribution in [1.29, 1.82) is 1.34 Å². The fraction of sp³-hybridized carbons (Fsp3) is 0.615. The van der Waals surface area contributed by atoms with Gasteiger partial charge in [-0.15, -0.1) is 13.2 Å². The van der Waals surface area contributed by atoms with Gasteiger partial charge in [-0.25, -0.2) is 36.4 Å². The van der Waals surface area contributed by atoms with Gasteiger partial charge in [0, 0.05) is 97.4 Å².